The summed E-state index contributed by atoms with van der Waals surface area (Å²) in [5, 5.41) is 12.3. The van der Waals surface area contributed by atoms with Crippen LogP contribution in [0.2, 0.25) is 0 Å². The highest BCUT2D eigenvalue weighted by Crippen LogP contribution is 2.09. The zero-order valence-electron chi connectivity index (χ0n) is 10.8. The van der Waals surface area contributed by atoms with Crippen molar-refractivity contribution in [3.05, 3.63) is 12.4 Å². The maximum atomic E-state index is 11.7. The molecule has 2 N–H and O–H groups in total. The minimum absolute atomic E-state index is 0.00961. The number of carboxylic acid groups (broad SMARTS) is 1. The first-order chi connectivity index (χ1) is 9.32. The molecule has 0 amide bonds. The molecular formula is C10H15N3O6S. The van der Waals surface area contributed by atoms with Crippen molar-refractivity contribution < 1.29 is 27.9 Å². The van der Waals surface area contributed by atoms with Gasteiger partial charge in [-0.05, 0) is 6.42 Å². The van der Waals surface area contributed by atoms with Gasteiger partial charge in [0.05, 0.1) is 24.7 Å². The number of carbonyl (C=O) groups is 2. The second kappa shape index (κ2) is 6.89. The van der Waals surface area contributed by atoms with Gasteiger partial charge in [0.2, 0.25) is 10.0 Å². The van der Waals surface area contributed by atoms with E-state index in [4.69, 9.17) is 5.11 Å². The number of anilines is 1. The van der Waals surface area contributed by atoms with Crippen molar-refractivity contribution in [3.63, 3.8) is 0 Å². The van der Waals surface area contributed by atoms with Gasteiger partial charge in [-0.3, -0.25) is 19.0 Å². The lowest BCUT2D eigenvalue weighted by molar-refractivity contribution is -0.140. The third-order valence-corrected chi connectivity index (χ3v) is 3.60. The molecule has 1 aromatic heterocycles. The summed E-state index contributed by atoms with van der Waals surface area (Å²) < 4.78 is 31.1. The van der Waals surface area contributed by atoms with E-state index in [0.717, 1.165) is 4.68 Å². The number of aromatic nitrogens is 2. The standard InChI is InChI=1S/C10H15N3O6S/c1-19-10(16)3-2-4-20(17,18)12-8-5-11-13(6-8)7-9(14)15/h5-6,12H,2-4,7H2,1H3,(H,14,15). The monoisotopic (exact) mass is 305 g/mol. The van der Waals surface area contributed by atoms with Crippen LogP contribution in [-0.2, 0) is 30.9 Å². The van der Waals surface area contributed by atoms with E-state index in [2.05, 4.69) is 14.6 Å². The Hall–Kier alpha value is -2.10. The number of nitrogens with one attached hydrogen (secondary N) is 1. The van der Waals surface area contributed by atoms with Crippen LogP contribution in [0.5, 0.6) is 0 Å². The molecule has 9 nitrogen and oxygen atoms in total. The molecule has 0 fully saturated rings. The SMILES string of the molecule is COC(=O)CCCS(=O)(=O)Nc1cnn(CC(=O)O)c1. The zero-order chi connectivity index (χ0) is 15.2. The van der Waals surface area contributed by atoms with E-state index in [1.165, 1.54) is 19.5 Å². The number of carbonyl (C=O) groups excluding carboxylic acids is 1. The van der Waals surface area contributed by atoms with Crippen LogP contribution in [0.25, 0.3) is 0 Å². The lowest BCUT2D eigenvalue weighted by Crippen LogP contribution is -2.17. The topological polar surface area (TPSA) is 128 Å². The molecule has 0 saturated heterocycles. The van der Waals surface area contributed by atoms with Crippen LogP contribution in [0.4, 0.5) is 5.69 Å². The predicted molar refractivity (Wildman–Crippen MR) is 68.5 cm³/mol. The average Bonchev–Trinajstić information content (AvgIpc) is 2.74. The molecule has 0 aliphatic carbocycles. The summed E-state index contributed by atoms with van der Waals surface area (Å²) >= 11 is 0. The summed E-state index contributed by atoms with van der Waals surface area (Å²) in [6, 6.07) is 0. The third-order valence-electron chi connectivity index (χ3n) is 2.23. The summed E-state index contributed by atoms with van der Waals surface area (Å²) in [5.41, 5.74) is 0.171. The molecule has 10 heteroatoms. The molecule has 20 heavy (non-hydrogen) atoms. The van der Waals surface area contributed by atoms with Gasteiger partial charge < -0.3 is 9.84 Å². The van der Waals surface area contributed by atoms with E-state index in [9.17, 15) is 18.0 Å². The Bertz CT molecular complexity index is 580. The number of aliphatic carboxylic acids is 1. The van der Waals surface area contributed by atoms with Gasteiger partial charge in [0.25, 0.3) is 0 Å². The van der Waals surface area contributed by atoms with Gasteiger partial charge in [0.15, 0.2) is 0 Å². The molecule has 0 atom stereocenters. The molecule has 0 spiro atoms. The van der Waals surface area contributed by atoms with Crippen LogP contribution in [0.15, 0.2) is 12.4 Å². The fraction of sp³-hybridized carbons (Fsp3) is 0.500. The minimum atomic E-state index is -3.61. The lowest BCUT2D eigenvalue weighted by atomic mass is 10.3. The summed E-state index contributed by atoms with van der Waals surface area (Å²) in [6.07, 6.45) is 2.62. The van der Waals surface area contributed by atoms with E-state index in [1.807, 2.05) is 0 Å². The molecule has 1 rings (SSSR count). The number of sulfonamides is 1. The summed E-state index contributed by atoms with van der Waals surface area (Å²) in [4.78, 5) is 21.3. The van der Waals surface area contributed by atoms with Crippen LogP contribution in [0, 0.1) is 0 Å². The fourth-order valence-corrected chi connectivity index (χ4v) is 2.47. The van der Waals surface area contributed by atoms with E-state index < -0.39 is 22.0 Å². The number of ether oxygens (including phenoxy) is 1. The summed E-state index contributed by atoms with van der Waals surface area (Å²) in [7, 11) is -2.38. The number of methoxy groups -OCH3 is 1. The van der Waals surface area contributed by atoms with Gasteiger partial charge in [-0.2, -0.15) is 5.10 Å². The van der Waals surface area contributed by atoms with E-state index in [1.54, 1.807) is 0 Å². The molecule has 0 bridgehead atoms. The van der Waals surface area contributed by atoms with Crippen LogP contribution >= 0.6 is 0 Å². The van der Waals surface area contributed by atoms with Crippen molar-refractivity contribution in [1.82, 2.24) is 9.78 Å². The maximum absolute atomic E-state index is 11.7. The van der Waals surface area contributed by atoms with Gasteiger partial charge in [-0.1, -0.05) is 0 Å². The number of rotatable bonds is 8. The lowest BCUT2D eigenvalue weighted by Gasteiger charge is -2.05. The quantitative estimate of drug-likeness (QED) is 0.629. The highest BCUT2D eigenvalue weighted by atomic mass is 32.2. The molecule has 112 valence electrons. The van der Waals surface area contributed by atoms with Crippen molar-refractivity contribution >= 4 is 27.6 Å². The normalized spacial score (nSPS) is 11.1. The molecule has 0 aliphatic heterocycles. The van der Waals surface area contributed by atoms with Gasteiger partial charge in [-0.15, -0.1) is 0 Å². The van der Waals surface area contributed by atoms with E-state index in [-0.39, 0.29) is 30.8 Å². The molecule has 1 aromatic rings. The molecule has 0 unspecified atom stereocenters. The molecule has 0 saturated carbocycles. The maximum Gasteiger partial charge on any atom is 0.325 e. The number of nitrogens with zero attached hydrogens (tertiary/aromatic N) is 2. The van der Waals surface area contributed by atoms with Gasteiger partial charge >= 0.3 is 11.9 Å². The second-order valence-corrected chi connectivity index (χ2v) is 5.76. The Labute approximate surface area is 115 Å². The molecule has 0 aliphatic rings. The predicted octanol–water partition coefficient (Wildman–Crippen LogP) is -0.337. The van der Waals surface area contributed by atoms with Gasteiger partial charge in [0, 0.05) is 12.6 Å². The largest absolute Gasteiger partial charge is 0.480 e. The molecular weight excluding hydrogens is 290 g/mol. The summed E-state index contributed by atoms with van der Waals surface area (Å²) in [5.74, 6) is -1.80. The van der Waals surface area contributed by atoms with Crippen molar-refractivity contribution in [3.8, 4) is 0 Å². The Morgan fingerprint density at radius 3 is 2.80 bits per heavy atom. The first-order valence-electron chi connectivity index (χ1n) is 5.64. The van der Waals surface area contributed by atoms with Crippen LogP contribution in [-0.4, -0.2) is 48.1 Å². The Morgan fingerprint density at radius 2 is 2.20 bits per heavy atom. The highest BCUT2D eigenvalue weighted by molar-refractivity contribution is 7.92. The number of carboxylic acids is 1. The smallest absolute Gasteiger partial charge is 0.325 e. The first-order valence-corrected chi connectivity index (χ1v) is 7.29. The molecule has 1 heterocycles. The zero-order valence-corrected chi connectivity index (χ0v) is 11.6. The Kier molecular flexibility index (Phi) is 5.50. The molecule has 0 aromatic carbocycles. The van der Waals surface area contributed by atoms with Crippen molar-refractivity contribution in [2.24, 2.45) is 0 Å². The number of hydrogen-bond acceptors (Lipinski definition) is 6. The number of esters is 1. The van der Waals surface area contributed by atoms with Crippen molar-refractivity contribution in [1.29, 1.82) is 0 Å². The van der Waals surface area contributed by atoms with Crippen LogP contribution in [0.3, 0.4) is 0 Å². The van der Waals surface area contributed by atoms with Gasteiger partial charge in [0.1, 0.15) is 6.54 Å². The minimum Gasteiger partial charge on any atom is -0.480 e. The second-order valence-electron chi connectivity index (χ2n) is 3.92. The van der Waals surface area contributed by atoms with Crippen molar-refractivity contribution in [2.75, 3.05) is 17.6 Å². The summed E-state index contributed by atoms with van der Waals surface area (Å²) in [6.45, 7) is -0.357. The Balaban J connectivity index is 2.51. The Morgan fingerprint density at radius 1 is 1.50 bits per heavy atom. The number of hydrogen-bond donors (Lipinski definition) is 2. The fourth-order valence-electron chi connectivity index (χ4n) is 1.38. The van der Waals surface area contributed by atoms with Gasteiger partial charge in [-0.25, -0.2) is 8.42 Å². The van der Waals surface area contributed by atoms with Crippen molar-refractivity contribution in [2.45, 2.75) is 19.4 Å². The van der Waals surface area contributed by atoms with Crippen LogP contribution in [0.1, 0.15) is 12.8 Å². The van der Waals surface area contributed by atoms with E-state index >= 15 is 0 Å². The van der Waals surface area contributed by atoms with Crippen LogP contribution < -0.4 is 4.72 Å². The average molecular weight is 305 g/mol. The van der Waals surface area contributed by atoms with E-state index in [0.29, 0.717) is 0 Å². The molecule has 0 radical (unpaired) electrons. The highest BCUT2D eigenvalue weighted by Gasteiger charge is 2.13. The first kappa shape index (κ1) is 16.0. The third kappa shape index (κ3) is 5.69.